The molecule has 1 aromatic rings. The van der Waals surface area contributed by atoms with Crippen molar-refractivity contribution in [3.05, 3.63) is 35.4 Å². The van der Waals surface area contributed by atoms with Crippen LogP contribution in [0.5, 0.6) is 11.5 Å². The molecule has 3 aliphatic heterocycles. The molecule has 2 saturated heterocycles. The highest BCUT2D eigenvalue weighted by atomic mass is 16.6. The number of hydrogen-bond donors (Lipinski definition) is 0. The Morgan fingerprint density at radius 1 is 1.23 bits per heavy atom. The molecule has 0 aromatic heterocycles. The molecular weight excluding hydrogens is 382 g/mol. The molecule has 6 atom stereocenters. The lowest BCUT2D eigenvalue weighted by Crippen LogP contribution is -2.90. The first kappa shape index (κ1) is 17.6. The van der Waals surface area contributed by atoms with Crippen LogP contribution >= 0.6 is 0 Å². The number of benzene rings is 1. The lowest BCUT2D eigenvalue weighted by Gasteiger charge is -2.77. The summed E-state index contributed by atoms with van der Waals surface area (Å²) in [5.74, 6) is 1.41. The molecular formula is C24H27NO5. The quantitative estimate of drug-likeness (QED) is 0.552. The smallest absolute Gasteiger partial charge is 0.315 e. The third kappa shape index (κ3) is 1.29. The van der Waals surface area contributed by atoms with Crippen LogP contribution in [0.1, 0.15) is 30.9 Å². The molecule has 3 spiro atoms. The Morgan fingerprint density at radius 3 is 2.83 bits per heavy atom. The largest absolute Gasteiger partial charge is 0.493 e. The monoisotopic (exact) mass is 409 g/mol. The second-order valence-corrected chi connectivity index (χ2v) is 10.3. The van der Waals surface area contributed by atoms with E-state index < -0.39 is 16.6 Å². The van der Waals surface area contributed by atoms with Crippen molar-refractivity contribution in [2.45, 2.75) is 48.8 Å². The maximum absolute atomic E-state index is 13.3. The first-order chi connectivity index (χ1) is 14.4. The number of nitrogens with zero attached hydrogens (tertiary/aromatic N) is 1. The number of carbonyl (C=O) groups is 1. The van der Waals surface area contributed by atoms with Crippen molar-refractivity contribution >= 4 is 5.97 Å². The van der Waals surface area contributed by atoms with E-state index in [9.17, 15) is 4.79 Å². The second-order valence-electron chi connectivity index (χ2n) is 10.3. The Kier molecular flexibility index (Phi) is 2.78. The molecule has 0 radical (unpaired) electrons. The number of carbonyl (C=O) groups excluding carboxylic acids is 1. The summed E-state index contributed by atoms with van der Waals surface area (Å²) in [5, 5.41) is 0. The maximum Gasteiger partial charge on any atom is 0.315 e. The molecule has 1 aromatic carbocycles. The minimum Gasteiger partial charge on any atom is -0.493 e. The highest BCUT2D eigenvalue weighted by Crippen LogP contribution is 2.81. The van der Waals surface area contributed by atoms with E-state index in [2.05, 4.69) is 30.2 Å². The van der Waals surface area contributed by atoms with Crippen LogP contribution in [0.25, 0.3) is 0 Å². The summed E-state index contributed by atoms with van der Waals surface area (Å²) in [6.45, 7) is 3.20. The van der Waals surface area contributed by atoms with Crippen molar-refractivity contribution in [2.75, 3.05) is 34.4 Å². The molecule has 30 heavy (non-hydrogen) atoms. The van der Waals surface area contributed by atoms with Gasteiger partial charge in [0.15, 0.2) is 17.1 Å². The zero-order valence-corrected chi connectivity index (χ0v) is 17.9. The van der Waals surface area contributed by atoms with Gasteiger partial charge in [0.25, 0.3) is 0 Å². The number of methoxy groups -OCH3 is 2. The number of esters is 1. The lowest BCUT2D eigenvalue weighted by atomic mass is 9.30. The fourth-order valence-corrected chi connectivity index (χ4v) is 8.85. The Bertz CT molecular complexity index is 1070. The number of likely N-dealkylation sites (N-methyl/N-ethyl adjacent to an activating group) is 1. The Labute approximate surface area is 176 Å². The van der Waals surface area contributed by atoms with E-state index in [0.717, 1.165) is 30.9 Å². The molecule has 8 rings (SSSR count). The Balaban J connectivity index is 1.67. The van der Waals surface area contributed by atoms with Crippen LogP contribution in [0.4, 0.5) is 0 Å². The zero-order valence-electron chi connectivity index (χ0n) is 17.9. The Hall–Kier alpha value is -2.05. The van der Waals surface area contributed by atoms with Gasteiger partial charge in [-0.2, -0.15) is 0 Å². The topological polar surface area (TPSA) is 57.2 Å². The number of hydrogen-bond acceptors (Lipinski definition) is 6. The van der Waals surface area contributed by atoms with Gasteiger partial charge in [-0.1, -0.05) is 18.2 Å². The van der Waals surface area contributed by atoms with Gasteiger partial charge in [0.1, 0.15) is 17.6 Å². The summed E-state index contributed by atoms with van der Waals surface area (Å²) in [6.07, 6.45) is 7.13. The SMILES string of the molecule is COc1ccc2c3c1O[C@]14COC(=O)[C@]5(C)C[C@@]6(C=C[C@]15OC)[C@@H](C2)N(C)CC[C@]346. The maximum atomic E-state index is 13.3. The summed E-state index contributed by atoms with van der Waals surface area (Å²) < 4.78 is 25.1. The van der Waals surface area contributed by atoms with E-state index in [1.807, 2.05) is 13.0 Å². The van der Waals surface area contributed by atoms with E-state index in [-0.39, 0.29) is 23.4 Å². The predicted octanol–water partition coefficient (Wildman–Crippen LogP) is 2.23. The van der Waals surface area contributed by atoms with Crippen LogP contribution in [0.2, 0.25) is 0 Å². The van der Waals surface area contributed by atoms with Gasteiger partial charge in [-0.05, 0) is 51.4 Å². The fraction of sp³-hybridized carbons (Fsp3) is 0.625. The average molecular weight is 409 g/mol. The van der Waals surface area contributed by atoms with E-state index in [1.54, 1.807) is 14.2 Å². The summed E-state index contributed by atoms with van der Waals surface area (Å²) in [6, 6.07) is 4.54. The number of piperidine rings is 1. The molecule has 4 aliphatic carbocycles. The van der Waals surface area contributed by atoms with E-state index >= 15 is 0 Å². The van der Waals surface area contributed by atoms with Crippen molar-refractivity contribution in [2.24, 2.45) is 10.8 Å². The summed E-state index contributed by atoms with van der Waals surface area (Å²) in [4.78, 5) is 15.8. The molecule has 158 valence electrons. The fourth-order valence-electron chi connectivity index (χ4n) is 8.85. The van der Waals surface area contributed by atoms with Gasteiger partial charge in [0, 0.05) is 24.1 Å². The zero-order chi connectivity index (χ0) is 20.7. The van der Waals surface area contributed by atoms with Crippen molar-refractivity contribution in [3.63, 3.8) is 0 Å². The summed E-state index contributed by atoms with van der Waals surface area (Å²) >= 11 is 0. The van der Waals surface area contributed by atoms with Gasteiger partial charge in [-0.25, -0.2) is 0 Å². The highest BCUT2D eigenvalue weighted by molar-refractivity contribution is 5.84. The minimum atomic E-state index is -0.879. The molecule has 6 nitrogen and oxygen atoms in total. The minimum absolute atomic E-state index is 0.174. The summed E-state index contributed by atoms with van der Waals surface area (Å²) in [5.41, 5.74) is -0.389. The van der Waals surface area contributed by atoms with Crippen LogP contribution in [-0.2, 0) is 26.1 Å². The lowest BCUT2D eigenvalue weighted by molar-refractivity contribution is -0.322. The molecule has 1 saturated carbocycles. The number of ether oxygens (including phenoxy) is 4. The van der Waals surface area contributed by atoms with Crippen molar-refractivity contribution in [3.8, 4) is 11.5 Å². The van der Waals surface area contributed by atoms with Gasteiger partial charge in [0.05, 0.1) is 12.5 Å². The van der Waals surface area contributed by atoms with E-state index in [1.165, 1.54) is 11.1 Å². The van der Waals surface area contributed by atoms with Crippen LogP contribution in [0.3, 0.4) is 0 Å². The van der Waals surface area contributed by atoms with Crippen molar-refractivity contribution in [1.82, 2.24) is 4.90 Å². The van der Waals surface area contributed by atoms with Crippen molar-refractivity contribution < 1.29 is 23.7 Å². The normalized spacial score (nSPS) is 48.8. The summed E-state index contributed by atoms with van der Waals surface area (Å²) in [7, 11) is 5.64. The average Bonchev–Trinajstić information content (AvgIpc) is 3.05. The van der Waals surface area contributed by atoms with Crippen molar-refractivity contribution in [1.29, 1.82) is 0 Å². The van der Waals surface area contributed by atoms with Crippen LogP contribution in [-0.4, -0.2) is 62.5 Å². The molecule has 6 heteroatoms. The van der Waals surface area contributed by atoms with Gasteiger partial charge in [0.2, 0.25) is 0 Å². The number of likely N-dealkylation sites (tertiary alicyclic amines) is 1. The molecule has 0 unspecified atom stereocenters. The van der Waals surface area contributed by atoms with Gasteiger partial charge >= 0.3 is 5.97 Å². The molecule has 0 amide bonds. The third-order valence-electron chi connectivity index (χ3n) is 9.85. The molecule has 6 bridgehead atoms. The molecule has 3 fully saturated rings. The van der Waals surface area contributed by atoms with Crippen LogP contribution in [0.15, 0.2) is 24.3 Å². The first-order valence-electron chi connectivity index (χ1n) is 10.9. The molecule has 0 N–H and O–H groups in total. The van der Waals surface area contributed by atoms with Gasteiger partial charge < -0.3 is 23.8 Å². The third-order valence-corrected chi connectivity index (χ3v) is 9.85. The van der Waals surface area contributed by atoms with Gasteiger partial charge in [-0.15, -0.1) is 0 Å². The van der Waals surface area contributed by atoms with Crippen LogP contribution in [0, 0.1) is 10.8 Å². The van der Waals surface area contributed by atoms with Gasteiger partial charge in [-0.3, -0.25) is 4.79 Å². The second kappa shape index (κ2) is 4.73. The highest BCUT2D eigenvalue weighted by Gasteiger charge is 2.90. The standard InChI is InChI=1S/C24H27NO5/c1-20-12-21-7-8-23(20,28-4)24(13-29-19(20)26)22(21)9-10-25(2)16(21)11-14-5-6-15(27-3)18(30-24)17(14)22/h5-8,16H,9-13H2,1-4H3/t16-,20+,21+,22-,23-,24+/m1/s1. The number of cyclic esters (lactones) is 1. The number of rotatable bonds is 2. The first-order valence-corrected chi connectivity index (χ1v) is 10.9. The van der Waals surface area contributed by atoms with E-state index in [4.69, 9.17) is 18.9 Å². The molecule has 3 heterocycles. The van der Waals surface area contributed by atoms with E-state index in [0.29, 0.717) is 12.5 Å². The molecule has 7 aliphatic rings. The van der Waals surface area contributed by atoms with Crippen LogP contribution < -0.4 is 9.47 Å². The Morgan fingerprint density at radius 2 is 2.07 bits per heavy atom. The predicted molar refractivity (Wildman–Crippen MR) is 108 cm³/mol.